The lowest BCUT2D eigenvalue weighted by atomic mass is 10.3. The Labute approximate surface area is 90.2 Å². The van der Waals surface area contributed by atoms with Crippen LogP contribution < -0.4 is 0 Å². The smallest absolute Gasteiger partial charge is 0.339 e. The van der Waals surface area contributed by atoms with Crippen LogP contribution in [0.2, 0.25) is 0 Å². The van der Waals surface area contributed by atoms with Gasteiger partial charge in [-0.25, -0.2) is 18.9 Å². The minimum atomic E-state index is -1.10. The molecule has 5 nitrogen and oxygen atoms in total. The van der Waals surface area contributed by atoms with Crippen LogP contribution >= 0.6 is 0 Å². The summed E-state index contributed by atoms with van der Waals surface area (Å²) < 4.78 is 14.5. The lowest BCUT2D eigenvalue weighted by Crippen LogP contribution is -2.01. The number of hydrogen-bond acceptors (Lipinski definition) is 3. The minimum Gasteiger partial charge on any atom is -0.478 e. The molecule has 0 atom stereocenters. The Morgan fingerprint density at radius 3 is 2.88 bits per heavy atom. The van der Waals surface area contributed by atoms with Crippen LogP contribution in [-0.2, 0) is 0 Å². The zero-order valence-electron chi connectivity index (χ0n) is 8.38. The zero-order valence-corrected chi connectivity index (χ0v) is 8.38. The second-order valence-corrected chi connectivity index (χ2v) is 3.19. The maximum absolute atomic E-state index is 13.3. The molecule has 0 spiro atoms. The van der Waals surface area contributed by atoms with Gasteiger partial charge in [-0.15, -0.1) is 0 Å². The first-order valence-electron chi connectivity index (χ1n) is 4.50. The molecule has 82 valence electrons. The molecule has 2 rings (SSSR count). The van der Waals surface area contributed by atoms with Gasteiger partial charge in [-0.05, 0) is 19.1 Å². The molecule has 2 aromatic heterocycles. The van der Waals surface area contributed by atoms with Gasteiger partial charge >= 0.3 is 5.97 Å². The summed E-state index contributed by atoms with van der Waals surface area (Å²) in [7, 11) is 0. The number of hydrogen-bond donors (Lipinski definition) is 1. The van der Waals surface area contributed by atoms with Crippen molar-refractivity contribution in [1.82, 2.24) is 14.8 Å². The number of aryl methyl sites for hydroxylation is 1. The van der Waals surface area contributed by atoms with Gasteiger partial charge in [-0.1, -0.05) is 0 Å². The number of halogens is 1. The molecule has 0 aliphatic heterocycles. The molecule has 16 heavy (non-hydrogen) atoms. The first-order valence-corrected chi connectivity index (χ1v) is 4.50. The van der Waals surface area contributed by atoms with Gasteiger partial charge in [0.15, 0.2) is 11.6 Å². The Kier molecular flexibility index (Phi) is 2.40. The minimum absolute atomic E-state index is 0.0156. The highest BCUT2D eigenvalue weighted by molar-refractivity contribution is 5.88. The van der Waals surface area contributed by atoms with E-state index in [0.717, 1.165) is 4.68 Å². The summed E-state index contributed by atoms with van der Waals surface area (Å²) in [6, 6.07) is 2.69. The molecule has 0 radical (unpaired) electrons. The van der Waals surface area contributed by atoms with E-state index >= 15 is 0 Å². The second kappa shape index (κ2) is 3.73. The number of carbonyl (C=O) groups is 1. The van der Waals surface area contributed by atoms with Crippen LogP contribution in [0.15, 0.2) is 24.5 Å². The van der Waals surface area contributed by atoms with E-state index < -0.39 is 11.8 Å². The van der Waals surface area contributed by atoms with Gasteiger partial charge in [0, 0.05) is 12.4 Å². The van der Waals surface area contributed by atoms with E-state index in [2.05, 4.69) is 10.1 Å². The van der Waals surface area contributed by atoms with E-state index in [1.807, 2.05) is 0 Å². The Morgan fingerprint density at radius 2 is 2.31 bits per heavy atom. The van der Waals surface area contributed by atoms with E-state index in [0.29, 0.717) is 5.69 Å². The fraction of sp³-hybridized carbons (Fsp3) is 0.100. The number of carboxylic acid groups (broad SMARTS) is 1. The van der Waals surface area contributed by atoms with Crippen LogP contribution in [0.25, 0.3) is 5.82 Å². The van der Waals surface area contributed by atoms with Gasteiger partial charge in [-0.3, -0.25) is 0 Å². The summed E-state index contributed by atoms with van der Waals surface area (Å²) in [5, 5.41) is 12.7. The van der Waals surface area contributed by atoms with Crippen molar-refractivity contribution in [1.29, 1.82) is 0 Å². The van der Waals surface area contributed by atoms with Crippen molar-refractivity contribution in [2.24, 2.45) is 0 Å². The Morgan fingerprint density at radius 1 is 1.56 bits per heavy atom. The van der Waals surface area contributed by atoms with Crippen LogP contribution in [0, 0.1) is 12.7 Å². The van der Waals surface area contributed by atoms with E-state index in [9.17, 15) is 9.18 Å². The molecule has 0 saturated carbocycles. The number of aromatic carboxylic acids is 1. The monoisotopic (exact) mass is 221 g/mol. The average molecular weight is 221 g/mol. The lowest BCUT2D eigenvalue weighted by Gasteiger charge is -1.99. The predicted octanol–water partition coefficient (Wildman–Crippen LogP) is 1.41. The molecule has 0 saturated heterocycles. The predicted molar refractivity (Wildman–Crippen MR) is 53.0 cm³/mol. The van der Waals surface area contributed by atoms with E-state index in [4.69, 9.17) is 5.11 Å². The molecule has 1 N–H and O–H groups in total. The molecule has 0 bridgehead atoms. The van der Waals surface area contributed by atoms with Gasteiger partial charge in [0.05, 0.1) is 5.69 Å². The SMILES string of the molecule is Cc1nn(-c2ncccc2F)cc1C(=O)O. The molecular weight excluding hydrogens is 213 g/mol. The van der Waals surface area contributed by atoms with Crippen LogP contribution in [0.5, 0.6) is 0 Å². The van der Waals surface area contributed by atoms with E-state index in [-0.39, 0.29) is 11.4 Å². The molecule has 0 unspecified atom stereocenters. The van der Waals surface area contributed by atoms with Crippen LogP contribution in [-0.4, -0.2) is 25.8 Å². The number of rotatable bonds is 2. The summed E-state index contributed by atoms with van der Waals surface area (Å²) in [6.07, 6.45) is 2.65. The largest absolute Gasteiger partial charge is 0.478 e. The van der Waals surface area contributed by atoms with Crippen molar-refractivity contribution >= 4 is 5.97 Å². The summed E-state index contributed by atoms with van der Waals surface area (Å²) in [6.45, 7) is 1.54. The molecule has 0 fully saturated rings. The van der Waals surface area contributed by atoms with Gasteiger partial charge in [-0.2, -0.15) is 5.10 Å². The number of carboxylic acids is 1. The van der Waals surface area contributed by atoms with Gasteiger partial charge in [0.25, 0.3) is 0 Å². The van der Waals surface area contributed by atoms with Crippen LogP contribution in [0.4, 0.5) is 4.39 Å². The molecular formula is C10H8FN3O2. The first-order chi connectivity index (χ1) is 7.59. The van der Waals surface area contributed by atoms with Crippen LogP contribution in [0.3, 0.4) is 0 Å². The van der Waals surface area contributed by atoms with Crippen molar-refractivity contribution in [3.63, 3.8) is 0 Å². The fourth-order valence-electron chi connectivity index (χ4n) is 1.32. The summed E-state index contributed by atoms with van der Waals surface area (Å²) in [4.78, 5) is 14.6. The standard InChI is InChI=1S/C10H8FN3O2/c1-6-7(10(15)16)5-14(13-6)9-8(11)3-2-4-12-9/h2-5H,1H3,(H,15,16). The molecule has 2 heterocycles. The molecule has 0 aliphatic carbocycles. The number of nitrogens with zero attached hydrogens (tertiary/aromatic N) is 3. The third-order valence-electron chi connectivity index (χ3n) is 2.09. The summed E-state index contributed by atoms with van der Waals surface area (Å²) in [5.41, 5.74) is 0.350. The third-order valence-corrected chi connectivity index (χ3v) is 2.09. The molecule has 0 aromatic carbocycles. The Hall–Kier alpha value is -2.24. The first kappa shape index (κ1) is 10.3. The molecule has 6 heteroatoms. The van der Waals surface area contributed by atoms with E-state index in [1.54, 1.807) is 6.92 Å². The lowest BCUT2D eigenvalue weighted by molar-refractivity contribution is 0.0696. The topological polar surface area (TPSA) is 68.0 Å². The molecule has 0 amide bonds. The van der Waals surface area contributed by atoms with Crippen molar-refractivity contribution in [2.45, 2.75) is 6.92 Å². The third kappa shape index (κ3) is 1.65. The van der Waals surface area contributed by atoms with Gasteiger partial charge < -0.3 is 5.11 Å². The maximum atomic E-state index is 13.3. The van der Waals surface area contributed by atoms with Crippen molar-refractivity contribution < 1.29 is 14.3 Å². The summed E-state index contributed by atoms with van der Waals surface area (Å²) in [5.74, 6) is -1.67. The molecule has 0 aliphatic rings. The van der Waals surface area contributed by atoms with Gasteiger partial charge in [0.1, 0.15) is 5.56 Å². The molecule has 2 aromatic rings. The Balaban J connectivity index is 2.54. The highest BCUT2D eigenvalue weighted by atomic mass is 19.1. The maximum Gasteiger partial charge on any atom is 0.339 e. The Bertz CT molecular complexity index is 551. The van der Waals surface area contributed by atoms with E-state index in [1.165, 1.54) is 24.5 Å². The highest BCUT2D eigenvalue weighted by Crippen LogP contribution is 2.12. The second-order valence-electron chi connectivity index (χ2n) is 3.19. The normalized spacial score (nSPS) is 10.4. The number of pyridine rings is 1. The highest BCUT2D eigenvalue weighted by Gasteiger charge is 2.14. The summed E-state index contributed by atoms with van der Waals surface area (Å²) >= 11 is 0. The quantitative estimate of drug-likeness (QED) is 0.832. The fourth-order valence-corrected chi connectivity index (χ4v) is 1.32. The van der Waals surface area contributed by atoms with Crippen molar-refractivity contribution in [2.75, 3.05) is 0 Å². The average Bonchev–Trinajstić information content (AvgIpc) is 2.61. The van der Waals surface area contributed by atoms with Crippen molar-refractivity contribution in [3.8, 4) is 5.82 Å². The number of aromatic nitrogens is 3. The van der Waals surface area contributed by atoms with Crippen molar-refractivity contribution in [3.05, 3.63) is 41.6 Å². The van der Waals surface area contributed by atoms with Crippen LogP contribution in [0.1, 0.15) is 16.1 Å². The van der Waals surface area contributed by atoms with Gasteiger partial charge in [0.2, 0.25) is 0 Å². The zero-order chi connectivity index (χ0) is 11.7.